The Morgan fingerprint density at radius 1 is 1.26 bits per heavy atom. The van der Waals surface area contributed by atoms with E-state index in [-0.39, 0.29) is 9.92 Å². The molecule has 106 valence electrons. The summed E-state index contributed by atoms with van der Waals surface area (Å²) in [6.45, 7) is 0.480. The first kappa shape index (κ1) is 14.6. The topological polar surface area (TPSA) is 72.2 Å². The molecule has 4 nitrogen and oxygen atoms in total. The lowest BCUT2D eigenvalue weighted by molar-refractivity contribution is 0.357. The molecule has 0 heterocycles. The van der Waals surface area contributed by atoms with E-state index in [1.807, 2.05) is 0 Å². The zero-order valence-electron chi connectivity index (χ0n) is 10.7. The van der Waals surface area contributed by atoms with E-state index < -0.39 is 10.0 Å². The highest BCUT2D eigenvalue weighted by Crippen LogP contribution is 2.26. The Balaban J connectivity index is 2.07. The first-order valence-electron chi connectivity index (χ1n) is 6.54. The van der Waals surface area contributed by atoms with Crippen LogP contribution in [0.15, 0.2) is 23.1 Å². The molecule has 0 atom stereocenters. The van der Waals surface area contributed by atoms with Crippen molar-refractivity contribution >= 4 is 27.3 Å². The monoisotopic (exact) mass is 302 g/mol. The number of sulfonamides is 1. The summed E-state index contributed by atoms with van der Waals surface area (Å²) >= 11 is 5.93. The Labute approximate surface area is 119 Å². The maximum absolute atomic E-state index is 12.2. The Kier molecular flexibility index (Phi) is 4.71. The fourth-order valence-electron chi connectivity index (χ4n) is 2.42. The van der Waals surface area contributed by atoms with Crippen LogP contribution in [0.3, 0.4) is 0 Å². The molecule has 0 aliphatic heterocycles. The van der Waals surface area contributed by atoms with Crippen LogP contribution in [0, 0.1) is 5.92 Å². The molecule has 0 aromatic heterocycles. The number of nitrogens with two attached hydrogens (primary N) is 1. The molecule has 0 spiro atoms. The van der Waals surface area contributed by atoms with Crippen LogP contribution < -0.4 is 10.5 Å². The average Bonchev–Trinajstić information content (AvgIpc) is 2.40. The van der Waals surface area contributed by atoms with E-state index >= 15 is 0 Å². The quantitative estimate of drug-likeness (QED) is 0.840. The number of hydrogen-bond acceptors (Lipinski definition) is 3. The minimum atomic E-state index is -3.57. The molecule has 0 saturated heterocycles. The summed E-state index contributed by atoms with van der Waals surface area (Å²) in [5, 5.41) is 0.199. The molecule has 3 N–H and O–H groups in total. The lowest BCUT2D eigenvalue weighted by atomic mass is 9.90. The molecule has 6 heteroatoms. The number of rotatable bonds is 4. The molecule has 1 aromatic carbocycles. The van der Waals surface area contributed by atoms with Gasteiger partial charge in [-0.05, 0) is 37.0 Å². The van der Waals surface area contributed by atoms with E-state index in [0.29, 0.717) is 18.2 Å². The van der Waals surface area contributed by atoms with Gasteiger partial charge in [-0.3, -0.25) is 0 Å². The molecule has 0 amide bonds. The van der Waals surface area contributed by atoms with Crippen LogP contribution in [-0.4, -0.2) is 15.0 Å². The van der Waals surface area contributed by atoms with E-state index in [1.54, 1.807) is 6.07 Å². The Morgan fingerprint density at radius 2 is 1.95 bits per heavy atom. The van der Waals surface area contributed by atoms with Gasteiger partial charge in [0.05, 0.1) is 5.02 Å². The van der Waals surface area contributed by atoms with Gasteiger partial charge in [0.2, 0.25) is 10.0 Å². The van der Waals surface area contributed by atoms with Gasteiger partial charge in [-0.15, -0.1) is 0 Å². The molecule has 0 bridgehead atoms. The number of halogens is 1. The molecule has 0 unspecified atom stereocenters. The third kappa shape index (κ3) is 3.84. The first-order chi connectivity index (χ1) is 8.99. The zero-order chi connectivity index (χ0) is 13.9. The smallest absolute Gasteiger partial charge is 0.242 e. The van der Waals surface area contributed by atoms with Crippen molar-refractivity contribution in [1.29, 1.82) is 0 Å². The number of nitrogens with one attached hydrogen (secondary N) is 1. The van der Waals surface area contributed by atoms with Crippen LogP contribution in [-0.2, 0) is 10.0 Å². The molecule has 2 rings (SSSR count). The third-order valence-electron chi connectivity index (χ3n) is 3.53. The van der Waals surface area contributed by atoms with Gasteiger partial charge in [-0.25, -0.2) is 13.1 Å². The highest BCUT2D eigenvalue weighted by atomic mass is 35.5. The van der Waals surface area contributed by atoms with Gasteiger partial charge in [0.15, 0.2) is 0 Å². The second-order valence-corrected chi connectivity index (χ2v) is 7.19. The molecule has 1 saturated carbocycles. The van der Waals surface area contributed by atoms with Crippen LogP contribution in [0.4, 0.5) is 5.69 Å². The second kappa shape index (κ2) is 6.11. The van der Waals surface area contributed by atoms with Crippen LogP contribution >= 0.6 is 11.6 Å². The van der Waals surface area contributed by atoms with Gasteiger partial charge in [-0.2, -0.15) is 0 Å². The molecule has 1 aliphatic carbocycles. The summed E-state index contributed by atoms with van der Waals surface area (Å²) in [6.07, 6.45) is 5.81. The summed E-state index contributed by atoms with van der Waals surface area (Å²) in [6, 6.07) is 4.49. The normalized spacial score (nSPS) is 17.5. The second-order valence-electron chi connectivity index (χ2n) is 5.05. The summed E-state index contributed by atoms with van der Waals surface area (Å²) in [4.78, 5) is 0.0602. The maximum Gasteiger partial charge on any atom is 0.242 e. The number of anilines is 1. The van der Waals surface area contributed by atoms with Crippen molar-refractivity contribution in [2.24, 2.45) is 5.92 Å². The van der Waals surface area contributed by atoms with Crippen molar-refractivity contribution in [2.75, 3.05) is 12.3 Å². The van der Waals surface area contributed by atoms with E-state index in [9.17, 15) is 8.42 Å². The summed E-state index contributed by atoms with van der Waals surface area (Å²) < 4.78 is 27.0. The minimum absolute atomic E-state index is 0.0602. The SMILES string of the molecule is Nc1ccc(Cl)c(S(=O)(=O)NCC2CCCCC2)c1. The molecule has 0 radical (unpaired) electrons. The van der Waals surface area contributed by atoms with Gasteiger partial charge in [0.1, 0.15) is 4.90 Å². The van der Waals surface area contributed by atoms with Crippen LogP contribution in [0.2, 0.25) is 5.02 Å². The van der Waals surface area contributed by atoms with Crippen molar-refractivity contribution in [3.05, 3.63) is 23.2 Å². The van der Waals surface area contributed by atoms with Gasteiger partial charge in [0.25, 0.3) is 0 Å². The van der Waals surface area contributed by atoms with Crippen molar-refractivity contribution in [2.45, 2.75) is 37.0 Å². The fraction of sp³-hybridized carbons (Fsp3) is 0.538. The predicted octanol–water partition coefficient (Wildman–Crippen LogP) is 2.78. The average molecular weight is 303 g/mol. The zero-order valence-corrected chi connectivity index (χ0v) is 12.3. The Hall–Kier alpha value is -0.780. The van der Waals surface area contributed by atoms with Gasteiger partial charge in [0, 0.05) is 12.2 Å². The molecule has 1 fully saturated rings. The highest BCUT2D eigenvalue weighted by molar-refractivity contribution is 7.89. The largest absolute Gasteiger partial charge is 0.399 e. The van der Waals surface area contributed by atoms with Crippen LogP contribution in [0.5, 0.6) is 0 Å². The third-order valence-corrected chi connectivity index (χ3v) is 5.44. The standard InChI is InChI=1S/C13H19ClN2O2S/c14-12-7-6-11(15)8-13(12)19(17,18)16-9-10-4-2-1-3-5-10/h6-8,10,16H,1-5,9,15H2. The van der Waals surface area contributed by atoms with E-state index in [0.717, 1.165) is 12.8 Å². The minimum Gasteiger partial charge on any atom is -0.399 e. The molecular formula is C13H19ClN2O2S. The van der Waals surface area contributed by atoms with E-state index in [1.165, 1.54) is 31.4 Å². The van der Waals surface area contributed by atoms with Crippen molar-refractivity contribution in [1.82, 2.24) is 4.72 Å². The van der Waals surface area contributed by atoms with Gasteiger partial charge >= 0.3 is 0 Å². The first-order valence-corrected chi connectivity index (χ1v) is 8.40. The van der Waals surface area contributed by atoms with Crippen LogP contribution in [0.25, 0.3) is 0 Å². The summed E-state index contributed by atoms with van der Waals surface area (Å²) in [5.41, 5.74) is 6.00. The molecular weight excluding hydrogens is 284 g/mol. The lowest BCUT2D eigenvalue weighted by Gasteiger charge is -2.21. The highest BCUT2D eigenvalue weighted by Gasteiger charge is 2.21. The molecule has 1 aromatic rings. The van der Waals surface area contributed by atoms with Crippen molar-refractivity contribution in [3.8, 4) is 0 Å². The maximum atomic E-state index is 12.2. The number of benzene rings is 1. The summed E-state index contributed by atoms with van der Waals surface area (Å²) in [5.74, 6) is 0.434. The van der Waals surface area contributed by atoms with Gasteiger partial charge in [-0.1, -0.05) is 30.9 Å². The van der Waals surface area contributed by atoms with Crippen molar-refractivity contribution < 1.29 is 8.42 Å². The number of hydrogen-bond donors (Lipinski definition) is 2. The van der Waals surface area contributed by atoms with Crippen LogP contribution in [0.1, 0.15) is 32.1 Å². The van der Waals surface area contributed by atoms with E-state index in [4.69, 9.17) is 17.3 Å². The number of nitrogen functional groups attached to an aromatic ring is 1. The lowest BCUT2D eigenvalue weighted by Crippen LogP contribution is -2.30. The van der Waals surface area contributed by atoms with E-state index in [2.05, 4.69) is 4.72 Å². The summed E-state index contributed by atoms with van der Waals surface area (Å²) in [7, 11) is -3.57. The predicted molar refractivity (Wildman–Crippen MR) is 77.6 cm³/mol. The van der Waals surface area contributed by atoms with Gasteiger partial charge < -0.3 is 5.73 Å². The van der Waals surface area contributed by atoms with Crippen molar-refractivity contribution in [3.63, 3.8) is 0 Å². The molecule has 19 heavy (non-hydrogen) atoms. The fourth-order valence-corrected chi connectivity index (χ4v) is 4.07. The Morgan fingerprint density at radius 3 is 2.63 bits per heavy atom. The Bertz CT molecular complexity index is 540. The molecule has 1 aliphatic rings.